The SMILES string of the molecule is CCNC(=O)CNc1cccc(C(=O)NCCCOC)c1. The lowest BCUT2D eigenvalue weighted by atomic mass is 10.2. The molecule has 21 heavy (non-hydrogen) atoms. The number of benzene rings is 1. The summed E-state index contributed by atoms with van der Waals surface area (Å²) in [5.74, 6) is -0.209. The molecule has 0 saturated heterocycles. The van der Waals surface area contributed by atoms with Crippen LogP contribution >= 0.6 is 0 Å². The second-order valence-corrected chi connectivity index (χ2v) is 4.49. The van der Waals surface area contributed by atoms with E-state index in [0.29, 0.717) is 25.3 Å². The Bertz CT molecular complexity index is 463. The van der Waals surface area contributed by atoms with Crippen molar-refractivity contribution in [1.82, 2.24) is 10.6 Å². The summed E-state index contributed by atoms with van der Waals surface area (Å²) in [5.41, 5.74) is 1.30. The van der Waals surface area contributed by atoms with E-state index in [1.54, 1.807) is 25.3 Å². The minimum Gasteiger partial charge on any atom is -0.385 e. The highest BCUT2D eigenvalue weighted by atomic mass is 16.5. The number of likely N-dealkylation sites (N-methyl/N-ethyl adjacent to an activating group) is 1. The molecule has 0 heterocycles. The van der Waals surface area contributed by atoms with Crippen LogP contribution in [-0.4, -0.2) is 45.2 Å². The van der Waals surface area contributed by atoms with E-state index < -0.39 is 0 Å². The average molecular weight is 293 g/mol. The van der Waals surface area contributed by atoms with Crippen LogP contribution in [0.5, 0.6) is 0 Å². The van der Waals surface area contributed by atoms with Crippen LogP contribution in [-0.2, 0) is 9.53 Å². The van der Waals surface area contributed by atoms with Crippen molar-refractivity contribution in [3.05, 3.63) is 29.8 Å². The summed E-state index contributed by atoms with van der Waals surface area (Å²) in [6.45, 7) is 3.85. The lowest BCUT2D eigenvalue weighted by molar-refractivity contribution is -0.119. The van der Waals surface area contributed by atoms with Crippen LogP contribution in [0.2, 0.25) is 0 Å². The van der Waals surface area contributed by atoms with Gasteiger partial charge in [-0.3, -0.25) is 9.59 Å². The monoisotopic (exact) mass is 293 g/mol. The van der Waals surface area contributed by atoms with Crippen molar-refractivity contribution in [3.8, 4) is 0 Å². The molecule has 1 rings (SSSR count). The summed E-state index contributed by atoms with van der Waals surface area (Å²) >= 11 is 0. The van der Waals surface area contributed by atoms with Crippen LogP contribution in [0.4, 0.5) is 5.69 Å². The maximum atomic E-state index is 11.9. The Morgan fingerprint density at radius 3 is 2.76 bits per heavy atom. The summed E-state index contributed by atoms with van der Waals surface area (Å²) in [5, 5.41) is 8.51. The van der Waals surface area contributed by atoms with E-state index in [-0.39, 0.29) is 18.4 Å². The first-order valence-electron chi connectivity index (χ1n) is 7.05. The number of rotatable bonds is 9. The zero-order valence-electron chi connectivity index (χ0n) is 12.6. The van der Waals surface area contributed by atoms with Gasteiger partial charge >= 0.3 is 0 Å². The van der Waals surface area contributed by atoms with Crippen LogP contribution in [0.15, 0.2) is 24.3 Å². The van der Waals surface area contributed by atoms with E-state index in [1.165, 1.54) is 0 Å². The molecule has 0 aliphatic rings. The fourth-order valence-corrected chi connectivity index (χ4v) is 1.73. The molecule has 0 radical (unpaired) electrons. The topological polar surface area (TPSA) is 79.5 Å². The van der Waals surface area contributed by atoms with Crippen molar-refractivity contribution in [1.29, 1.82) is 0 Å². The zero-order valence-corrected chi connectivity index (χ0v) is 12.6. The maximum Gasteiger partial charge on any atom is 0.251 e. The molecule has 0 fully saturated rings. The highest BCUT2D eigenvalue weighted by Gasteiger charge is 2.06. The molecule has 0 bridgehead atoms. The second-order valence-electron chi connectivity index (χ2n) is 4.49. The number of hydrogen-bond acceptors (Lipinski definition) is 4. The molecule has 6 nitrogen and oxygen atoms in total. The molecule has 0 atom stereocenters. The minimum absolute atomic E-state index is 0.0769. The normalized spacial score (nSPS) is 10.0. The number of methoxy groups -OCH3 is 1. The predicted molar refractivity (Wildman–Crippen MR) is 82.4 cm³/mol. The second kappa shape index (κ2) is 9.77. The van der Waals surface area contributed by atoms with Crippen LogP contribution in [0, 0.1) is 0 Å². The standard InChI is InChI=1S/C15H23N3O3/c1-3-16-14(19)11-18-13-7-4-6-12(10-13)15(20)17-8-5-9-21-2/h4,6-7,10,18H,3,5,8-9,11H2,1-2H3,(H,16,19)(H,17,20). The van der Waals surface area contributed by atoms with Gasteiger partial charge in [0.1, 0.15) is 0 Å². The quantitative estimate of drug-likeness (QED) is 0.594. The van der Waals surface area contributed by atoms with E-state index in [0.717, 1.165) is 12.1 Å². The first-order valence-corrected chi connectivity index (χ1v) is 7.05. The largest absolute Gasteiger partial charge is 0.385 e. The minimum atomic E-state index is -0.132. The summed E-state index contributed by atoms with van der Waals surface area (Å²) in [4.78, 5) is 23.3. The fraction of sp³-hybridized carbons (Fsp3) is 0.467. The Morgan fingerprint density at radius 2 is 2.05 bits per heavy atom. The number of nitrogens with one attached hydrogen (secondary N) is 3. The van der Waals surface area contributed by atoms with Gasteiger partial charge in [0.25, 0.3) is 5.91 Å². The van der Waals surface area contributed by atoms with Gasteiger partial charge in [-0.05, 0) is 31.5 Å². The molecule has 0 aliphatic carbocycles. The molecule has 6 heteroatoms. The number of hydrogen-bond donors (Lipinski definition) is 3. The van der Waals surface area contributed by atoms with E-state index in [9.17, 15) is 9.59 Å². The molecule has 1 aromatic carbocycles. The summed E-state index contributed by atoms with van der Waals surface area (Å²) < 4.78 is 4.92. The van der Waals surface area contributed by atoms with Gasteiger partial charge in [-0.15, -0.1) is 0 Å². The molecule has 0 aromatic heterocycles. The molecular weight excluding hydrogens is 270 g/mol. The Hall–Kier alpha value is -2.08. The van der Waals surface area contributed by atoms with Crippen LogP contribution in [0.1, 0.15) is 23.7 Å². The number of amides is 2. The zero-order chi connectivity index (χ0) is 15.5. The van der Waals surface area contributed by atoms with Crippen molar-refractivity contribution in [3.63, 3.8) is 0 Å². The van der Waals surface area contributed by atoms with E-state index in [2.05, 4.69) is 16.0 Å². The first kappa shape index (κ1) is 17.0. The Balaban J connectivity index is 2.47. The summed E-state index contributed by atoms with van der Waals surface area (Å²) in [7, 11) is 1.63. The van der Waals surface area contributed by atoms with Gasteiger partial charge in [0.05, 0.1) is 6.54 Å². The Labute approximate surface area is 125 Å². The molecular formula is C15H23N3O3. The smallest absolute Gasteiger partial charge is 0.251 e. The highest BCUT2D eigenvalue weighted by molar-refractivity contribution is 5.95. The fourth-order valence-electron chi connectivity index (χ4n) is 1.73. The van der Waals surface area contributed by atoms with Crippen molar-refractivity contribution in [2.24, 2.45) is 0 Å². The third kappa shape index (κ3) is 6.76. The van der Waals surface area contributed by atoms with Gasteiger partial charge in [-0.2, -0.15) is 0 Å². The van der Waals surface area contributed by atoms with Gasteiger partial charge in [-0.1, -0.05) is 6.07 Å². The van der Waals surface area contributed by atoms with Crippen LogP contribution in [0.25, 0.3) is 0 Å². The lowest BCUT2D eigenvalue weighted by Crippen LogP contribution is -2.29. The molecule has 0 aliphatic heterocycles. The summed E-state index contributed by atoms with van der Waals surface area (Å²) in [6, 6.07) is 7.07. The highest BCUT2D eigenvalue weighted by Crippen LogP contribution is 2.10. The van der Waals surface area contributed by atoms with Crippen LogP contribution in [0.3, 0.4) is 0 Å². The van der Waals surface area contributed by atoms with Gasteiger partial charge < -0.3 is 20.7 Å². The van der Waals surface area contributed by atoms with E-state index >= 15 is 0 Å². The molecule has 0 spiro atoms. The van der Waals surface area contributed by atoms with E-state index in [1.807, 2.05) is 13.0 Å². The number of carbonyl (C=O) groups excluding carboxylic acids is 2. The molecule has 0 saturated carbocycles. The number of carbonyl (C=O) groups is 2. The Kier molecular flexibility index (Phi) is 7.89. The van der Waals surface area contributed by atoms with Gasteiger partial charge in [0, 0.05) is 38.1 Å². The van der Waals surface area contributed by atoms with Crippen molar-refractivity contribution in [2.75, 3.05) is 38.7 Å². The van der Waals surface area contributed by atoms with Crippen molar-refractivity contribution >= 4 is 17.5 Å². The molecule has 3 N–H and O–H groups in total. The predicted octanol–water partition coefficient (Wildman–Crippen LogP) is 1.00. The van der Waals surface area contributed by atoms with Crippen molar-refractivity contribution < 1.29 is 14.3 Å². The molecule has 1 aromatic rings. The van der Waals surface area contributed by atoms with Crippen LogP contribution < -0.4 is 16.0 Å². The summed E-state index contributed by atoms with van der Waals surface area (Å²) in [6.07, 6.45) is 0.775. The lowest BCUT2D eigenvalue weighted by Gasteiger charge is -2.09. The third-order valence-electron chi connectivity index (χ3n) is 2.76. The van der Waals surface area contributed by atoms with Gasteiger partial charge in [-0.25, -0.2) is 0 Å². The van der Waals surface area contributed by atoms with Gasteiger partial charge in [0.15, 0.2) is 0 Å². The molecule has 116 valence electrons. The van der Waals surface area contributed by atoms with Crippen molar-refractivity contribution in [2.45, 2.75) is 13.3 Å². The molecule has 2 amide bonds. The maximum absolute atomic E-state index is 11.9. The number of ether oxygens (including phenoxy) is 1. The number of anilines is 1. The molecule has 0 unspecified atom stereocenters. The van der Waals surface area contributed by atoms with E-state index in [4.69, 9.17) is 4.74 Å². The Morgan fingerprint density at radius 1 is 1.24 bits per heavy atom. The van der Waals surface area contributed by atoms with Gasteiger partial charge in [0.2, 0.25) is 5.91 Å². The first-order chi connectivity index (χ1) is 10.2. The third-order valence-corrected chi connectivity index (χ3v) is 2.76. The average Bonchev–Trinajstić information content (AvgIpc) is 2.50.